The van der Waals surface area contributed by atoms with Crippen LogP contribution in [0.5, 0.6) is 0 Å². The number of piperidine rings is 1. The number of allylic oxidation sites excluding steroid dienone is 10. The molecule has 1 aromatic heterocycles. The van der Waals surface area contributed by atoms with Gasteiger partial charge >= 0.3 is 0 Å². The van der Waals surface area contributed by atoms with Gasteiger partial charge in [0.2, 0.25) is 0 Å². The lowest BCUT2D eigenvalue weighted by atomic mass is 9.74. The van der Waals surface area contributed by atoms with Crippen molar-refractivity contribution in [2.45, 2.75) is 100 Å². The normalized spacial score (nSPS) is 34.0. The Balaban J connectivity index is 0.867. The first kappa shape index (κ1) is 35.2. The largest absolute Gasteiger partial charge is 0.456 e. The zero-order valence-corrected chi connectivity index (χ0v) is 33.1. The second-order valence-electron chi connectivity index (χ2n) is 17.8. The van der Waals surface area contributed by atoms with Gasteiger partial charge in [-0.3, -0.25) is 0 Å². The Morgan fingerprint density at radius 2 is 1.74 bits per heavy atom. The van der Waals surface area contributed by atoms with Crippen LogP contribution in [0.4, 0.5) is 5.69 Å². The number of fused-ring (bicyclic) bond motifs is 7. The first-order chi connectivity index (χ1) is 28.2. The maximum absolute atomic E-state index is 6.50. The summed E-state index contributed by atoms with van der Waals surface area (Å²) in [5.74, 6) is 2.94. The smallest absolute Gasteiger partial charge is 0.142 e. The zero-order valence-electron chi connectivity index (χ0n) is 33.1. The van der Waals surface area contributed by atoms with Gasteiger partial charge in [-0.25, -0.2) is 0 Å². The maximum Gasteiger partial charge on any atom is 0.142 e. The molecular formula is C52H56N4O. The summed E-state index contributed by atoms with van der Waals surface area (Å²) in [6.07, 6.45) is 43.8. The summed E-state index contributed by atoms with van der Waals surface area (Å²) in [6, 6.07) is 18.7. The Morgan fingerprint density at radius 3 is 2.65 bits per heavy atom. The molecule has 3 aromatic rings. The number of nitrogens with zero attached hydrogens (tertiary/aromatic N) is 2. The first-order valence-corrected chi connectivity index (χ1v) is 22.0. The van der Waals surface area contributed by atoms with E-state index in [0.29, 0.717) is 42.0 Å². The molecule has 290 valence electrons. The van der Waals surface area contributed by atoms with Crippen LogP contribution in [-0.2, 0) is 6.42 Å². The van der Waals surface area contributed by atoms with Gasteiger partial charge in [0.1, 0.15) is 11.3 Å². The van der Waals surface area contributed by atoms with Gasteiger partial charge in [-0.15, -0.1) is 0 Å². The van der Waals surface area contributed by atoms with Gasteiger partial charge in [-0.1, -0.05) is 111 Å². The zero-order chi connectivity index (χ0) is 37.9. The Morgan fingerprint density at radius 1 is 0.807 bits per heavy atom. The number of nitrogens with one attached hydrogen (secondary N) is 2. The van der Waals surface area contributed by atoms with Gasteiger partial charge in [-0.05, 0) is 110 Å². The molecule has 0 bridgehead atoms. The molecular weight excluding hydrogens is 697 g/mol. The summed E-state index contributed by atoms with van der Waals surface area (Å²) in [4.78, 5) is 5.55. The highest BCUT2D eigenvalue weighted by Crippen LogP contribution is 2.49. The van der Waals surface area contributed by atoms with Gasteiger partial charge in [0.05, 0.1) is 12.1 Å². The molecule has 5 heterocycles. The molecule has 2 saturated heterocycles. The van der Waals surface area contributed by atoms with E-state index >= 15 is 0 Å². The van der Waals surface area contributed by atoms with E-state index in [1.54, 1.807) is 0 Å². The average molecular weight is 753 g/mol. The minimum atomic E-state index is 0.259. The van der Waals surface area contributed by atoms with Gasteiger partial charge < -0.3 is 24.9 Å². The van der Waals surface area contributed by atoms with Crippen LogP contribution in [-0.4, -0.2) is 47.7 Å². The van der Waals surface area contributed by atoms with E-state index in [9.17, 15) is 0 Å². The van der Waals surface area contributed by atoms with Crippen LogP contribution in [0.1, 0.15) is 69.1 Å². The van der Waals surface area contributed by atoms with E-state index in [1.165, 1.54) is 64.6 Å². The van der Waals surface area contributed by atoms with Crippen molar-refractivity contribution in [1.82, 2.24) is 15.5 Å². The van der Waals surface area contributed by atoms with E-state index in [-0.39, 0.29) is 6.04 Å². The molecule has 3 fully saturated rings. The Hall–Kier alpha value is -5.00. The fraction of sp³-hybridized carbons (Fsp3) is 0.385. The molecule has 4 aliphatic carbocycles. The van der Waals surface area contributed by atoms with Crippen LogP contribution >= 0.6 is 0 Å². The molecule has 11 rings (SSSR count). The topological polar surface area (TPSA) is 43.7 Å². The number of aryl methyl sites for hydroxylation is 1. The molecule has 8 aliphatic rings. The number of furan rings is 1. The number of anilines is 1. The molecule has 4 aliphatic heterocycles. The molecule has 2 N–H and O–H groups in total. The predicted molar refractivity (Wildman–Crippen MR) is 236 cm³/mol. The Bertz CT molecular complexity index is 2290. The van der Waals surface area contributed by atoms with Crippen LogP contribution in [0.15, 0.2) is 149 Å². The third kappa shape index (κ3) is 6.25. The van der Waals surface area contributed by atoms with Gasteiger partial charge in [0.15, 0.2) is 0 Å². The number of para-hydroxylation sites is 1. The Kier molecular flexibility index (Phi) is 9.10. The molecule has 5 nitrogen and oxygen atoms in total. The predicted octanol–water partition coefficient (Wildman–Crippen LogP) is 10.7. The van der Waals surface area contributed by atoms with Gasteiger partial charge in [0.25, 0.3) is 0 Å². The second-order valence-corrected chi connectivity index (χ2v) is 17.8. The lowest BCUT2D eigenvalue weighted by molar-refractivity contribution is 0.173. The molecule has 5 heteroatoms. The van der Waals surface area contributed by atoms with Crippen molar-refractivity contribution in [1.29, 1.82) is 0 Å². The highest BCUT2D eigenvalue weighted by molar-refractivity contribution is 5.96. The van der Waals surface area contributed by atoms with Crippen molar-refractivity contribution >= 4 is 22.7 Å². The summed E-state index contributed by atoms with van der Waals surface area (Å²) in [5, 5.41) is 9.40. The molecule has 0 spiro atoms. The number of hydrogen-bond donors (Lipinski definition) is 2. The van der Waals surface area contributed by atoms with Crippen LogP contribution in [0.3, 0.4) is 0 Å². The lowest BCUT2D eigenvalue weighted by Gasteiger charge is -2.47. The van der Waals surface area contributed by atoms with Gasteiger partial charge in [-0.2, -0.15) is 0 Å². The average Bonchev–Trinajstić information content (AvgIpc) is 3.82. The fourth-order valence-electron chi connectivity index (χ4n) is 12.1. The monoisotopic (exact) mass is 752 g/mol. The van der Waals surface area contributed by atoms with Crippen molar-refractivity contribution in [2.24, 2.45) is 17.8 Å². The molecule has 2 aromatic carbocycles. The summed E-state index contributed by atoms with van der Waals surface area (Å²) < 4.78 is 6.50. The van der Waals surface area contributed by atoms with Crippen molar-refractivity contribution in [3.05, 3.63) is 156 Å². The Labute approximate surface area is 338 Å². The van der Waals surface area contributed by atoms with E-state index in [1.807, 2.05) is 0 Å². The number of benzene rings is 2. The van der Waals surface area contributed by atoms with Crippen LogP contribution in [0.25, 0.3) is 28.2 Å². The highest BCUT2D eigenvalue weighted by atomic mass is 16.3. The molecule has 0 amide bonds. The molecule has 57 heavy (non-hydrogen) atoms. The molecule has 0 radical (unpaired) electrons. The third-order valence-electron chi connectivity index (χ3n) is 14.8. The van der Waals surface area contributed by atoms with Crippen LogP contribution in [0.2, 0.25) is 0 Å². The van der Waals surface area contributed by atoms with Crippen LogP contribution < -0.4 is 15.5 Å². The van der Waals surface area contributed by atoms with Gasteiger partial charge in [0, 0.05) is 71.2 Å². The first-order valence-electron chi connectivity index (χ1n) is 22.0. The van der Waals surface area contributed by atoms with Crippen LogP contribution in [0, 0.1) is 17.8 Å². The third-order valence-corrected chi connectivity index (χ3v) is 14.8. The number of hydrogen-bond acceptors (Lipinski definition) is 5. The minimum Gasteiger partial charge on any atom is -0.456 e. The summed E-state index contributed by atoms with van der Waals surface area (Å²) in [5.41, 5.74) is 10.1. The van der Waals surface area contributed by atoms with E-state index in [2.05, 4.69) is 155 Å². The molecule has 9 atom stereocenters. The van der Waals surface area contributed by atoms with E-state index in [4.69, 9.17) is 4.42 Å². The van der Waals surface area contributed by atoms with Crippen molar-refractivity contribution in [3.8, 4) is 11.1 Å². The summed E-state index contributed by atoms with van der Waals surface area (Å²) in [6.45, 7) is 5.66. The van der Waals surface area contributed by atoms with Crippen molar-refractivity contribution < 1.29 is 4.42 Å². The van der Waals surface area contributed by atoms with Crippen molar-refractivity contribution in [2.75, 3.05) is 11.4 Å². The second kappa shape index (κ2) is 14.7. The fourth-order valence-corrected chi connectivity index (χ4v) is 12.1. The summed E-state index contributed by atoms with van der Waals surface area (Å²) in [7, 11) is 0. The number of rotatable bonds is 5. The quantitative estimate of drug-likeness (QED) is 0.272. The van der Waals surface area contributed by atoms with Crippen molar-refractivity contribution in [3.63, 3.8) is 0 Å². The maximum atomic E-state index is 6.50. The standard InChI is InChI=1S/C52H56N4O/c1-34-13-9-10-28-55(39-17-11-16-37(29-39)35-14-3-2-4-15-35)49-30-46(53-32-44(34)49)47-31-50-45(33-54-47)41-18-5-7-22-48(41)56(50)38-26-24-36(25-27-38)40-20-12-21-43-42-19-6-8-23-51(42)57-52(40)43/h2-4,8-14,16,20-21,23-29,32,35,39,41,45-50,53-54H,1,5-7,15,17-19,22,30-31,33H2/b13-9-,28-10-. The minimum absolute atomic E-state index is 0.259. The lowest BCUT2D eigenvalue weighted by Crippen LogP contribution is -2.59. The summed E-state index contributed by atoms with van der Waals surface area (Å²) >= 11 is 0. The highest BCUT2D eigenvalue weighted by Gasteiger charge is 2.52. The SMILES string of the molecule is C=C1/C=C\C=C/N(C2C=C(C3C=CC=CC3)C=CC2)C2CC(C3CC4C(CN3)C3CCCCC3N4c3ccc(-c4cccc5c6c(oc45)C=CCC6)cc3)NC=C12. The molecule has 9 unspecified atom stereocenters. The van der Waals surface area contributed by atoms with E-state index in [0.717, 1.165) is 67.9 Å². The van der Waals surface area contributed by atoms with E-state index < -0.39 is 0 Å². The molecule has 1 saturated carbocycles.